The molecule has 132 valence electrons. The van der Waals surface area contributed by atoms with Gasteiger partial charge in [-0.3, -0.25) is 9.36 Å². The van der Waals surface area contributed by atoms with Gasteiger partial charge in [0.1, 0.15) is 5.82 Å². The zero-order valence-corrected chi connectivity index (χ0v) is 15.1. The van der Waals surface area contributed by atoms with Crippen LogP contribution in [0.4, 0.5) is 0 Å². The predicted octanol–water partition coefficient (Wildman–Crippen LogP) is 3.68. The summed E-state index contributed by atoms with van der Waals surface area (Å²) in [6.07, 6.45) is 1.71. The molecular weight excluding hydrogens is 318 g/mol. The third-order valence-corrected chi connectivity index (χ3v) is 4.90. The van der Waals surface area contributed by atoms with E-state index in [2.05, 4.69) is 10.0 Å². The van der Waals surface area contributed by atoms with E-state index in [0.717, 1.165) is 29.8 Å². The van der Waals surface area contributed by atoms with Crippen molar-refractivity contribution in [3.63, 3.8) is 0 Å². The highest BCUT2D eigenvalue weighted by Crippen LogP contribution is 2.32. The molecule has 0 atom stereocenters. The second-order valence-electron chi connectivity index (χ2n) is 7.18. The van der Waals surface area contributed by atoms with Gasteiger partial charge in [-0.05, 0) is 42.5 Å². The maximum absolute atomic E-state index is 13.0. The molecule has 25 heavy (non-hydrogen) atoms. The second kappa shape index (κ2) is 6.50. The summed E-state index contributed by atoms with van der Waals surface area (Å²) in [5, 5.41) is 4.49. The van der Waals surface area contributed by atoms with Crippen LogP contribution in [0.1, 0.15) is 49.6 Å². The Morgan fingerprint density at radius 3 is 2.68 bits per heavy atom. The standard InChI is InChI=1S/C18H23N5O2/c1-11-9-13-15(14(10-11)18(2,3)21-22-19)20-16(23(4)17(13)24)12-5-7-25-8-6-12/h9-10,12H,5-8H2,1-4H3. The average Bonchev–Trinajstić information content (AvgIpc) is 2.58. The van der Waals surface area contributed by atoms with E-state index in [1.165, 1.54) is 0 Å². The predicted molar refractivity (Wildman–Crippen MR) is 96.7 cm³/mol. The molecular formula is C18H23N5O2. The molecule has 0 radical (unpaired) electrons. The molecule has 7 nitrogen and oxygen atoms in total. The molecule has 1 fully saturated rings. The quantitative estimate of drug-likeness (QED) is 0.484. The van der Waals surface area contributed by atoms with E-state index in [-0.39, 0.29) is 11.5 Å². The lowest BCUT2D eigenvalue weighted by molar-refractivity contribution is 0.0828. The summed E-state index contributed by atoms with van der Waals surface area (Å²) in [5.41, 5.74) is 10.4. The number of hydrogen-bond acceptors (Lipinski definition) is 4. The van der Waals surface area contributed by atoms with Gasteiger partial charge in [-0.15, -0.1) is 0 Å². The van der Waals surface area contributed by atoms with Gasteiger partial charge in [0.25, 0.3) is 5.56 Å². The molecule has 0 aliphatic carbocycles. The van der Waals surface area contributed by atoms with Crippen LogP contribution in [0.15, 0.2) is 22.0 Å². The number of benzene rings is 1. The molecule has 0 amide bonds. The Morgan fingerprint density at radius 2 is 2.04 bits per heavy atom. The smallest absolute Gasteiger partial charge is 0.261 e. The fraction of sp³-hybridized carbons (Fsp3) is 0.556. The Labute approximate surface area is 146 Å². The van der Waals surface area contributed by atoms with E-state index in [4.69, 9.17) is 15.3 Å². The number of fused-ring (bicyclic) bond motifs is 1. The van der Waals surface area contributed by atoms with Crippen molar-refractivity contribution in [2.45, 2.75) is 45.1 Å². The zero-order chi connectivity index (χ0) is 18.2. The topological polar surface area (TPSA) is 92.9 Å². The van der Waals surface area contributed by atoms with Crippen molar-refractivity contribution in [3.05, 3.63) is 49.9 Å². The van der Waals surface area contributed by atoms with Crippen molar-refractivity contribution < 1.29 is 4.74 Å². The molecule has 2 heterocycles. The molecule has 1 aliphatic heterocycles. The van der Waals surface area contributed by atoms with E-state index >= 15 is 0 Å². The fourth-order valence-electron chi connectivity index (χ4n) is 3.49. The van der Waals surface area contributed by atoms with Crippen LogP contribution in [0.25, 0.3) is 21.3 Å². The first-order chi connectivity index (χ1) is 11.8. The van der Waals surface area contributed by atoms with Crippen LogP contribution in [0.2, 0.25) is 0 Å². The monoisotopic (exact) mass is 341 g/mol. The SMILES string of the molecule is Cc1cc(C(C)(C)N=[N+]=[N-])c2nc(C3CCOCC3)n(C)c(=O)c2c1. The Bertz CT molecular complexity index is 919. The summed E-state index contributed by atoms with van der Waals surface area (Å²) in [7, 11) is 1.78. The molecule has 1 aliphatic rings. The van der Waals surface area contributed by atoms with Crippen LogP contribution in [0.3, 0.4) is 0 Å². The van der Waals surface area contributed by atoms with E-state index in [1.807, 2.05) is 32.9 Å². The van der Waals surface area contributed by atoms with Crippen LogP contribution in [-0.4, -0.2) is 22.8 Å². The van der Waals surface area contributed by atoms with Gasteiger partial charge in [0, 0.05) is 31.1 Å². The Balaban J connectivity index is 2.32. The number of aryl methyl sites for hydroxylation is 1. The summed E-state index contributed by atoms with van der Waals surface area (Å²) in [6.45, 7) is 6.98. The molecule has 7 heteroatoms. The number of aromatic nitrogens is 2. The molecule has 0 unspecified atom stereocenters. The minimum atomic E-state index is -0.786. The van der Waals surface area contributed by atoms with Crippen molar-refractivity contribution in [2.75, 3.05) is 13.2 Å². The normalized spacial score (nSPS) is 16.0. The largest absolute Gasteiger partial charge is 0.381 e. The van der Waals surface area contributed by atoms with E-state index in [1.54, 1.807) is 11.6 Å². The lowest BCUT2D eigenvalue weighted by Crippen LogP contribution is -2.28. The summed E-state index contributed by atoms with van der Waals surface area (Å²) in [4.78, 5) is 20.8. The van der Waals surface area contributed by atoms with Crippen LogP contribution < -0.4 is 5.56 Å². The second-order valence-corrected chi connectivity index (χ2v) is 7.18. The van der Waals surface area contributed by atoms with Gasteiger partial charge in [0.15, 0.2) is 0 Å². The van der Waals surface area contributed by atoms with Crippen LogP contribution in [0, 0.1) is 6.92 Å². The van der Waals surface area contributed by atoms with Gasteiger partial charge in [0.2, 0.25) is 0 Å². The summed E-state index contributed by atoms with van der Waals surface area (Å²) < 4.78 is 7.09. The Morgan fingerprint density at radius 1 is 1.36 bits per heavy atom. The third kappa shape index (κ3) is 3.13. The Kier molecular flexibility index (Phi) is 4.54. The van der Waals surface area contributed by atoms with E-state index < -0.39 is 5.54 Å². The lowest BCUT2D eigenvalue weighted by Gasteiger charge is -2.25. The first kappa shape index (κ1) is 17.5. The molecule has 1 aromatic carbocycles. The molecule has 3 rings (SSSR count). The van der Waals surface area contributed by atoms with Gasteiger partial charge in [0.05, 0.1) is 16.4 Å². The van der Waals surface area contributed by atoms with Crippen molar-refractivity contribution in [3.8, 4) is 0 Å². The molecule has 0 saturated carbocycles. The maximum atomic E-state index is 13.0. The number of rotatable bonds is 3. The highest BCUT2D eigenvalue weighted by molar-refractivity contribution is 5.83. The number of azide groups is 1. The number of nitrogens with zero attached hydrogens (tertiary/aromatic N) is 5. The van der Waals surface area contributed by atoms with Crippen molar-refractivity contribution >= 4 is 10.9 Å². The van der Waals surface area contributed by atoms with Crippen molar-refractivity contribution in [2.24, 2.45) is 12.2 Å². The van der Waals surface area contributed by atoms with Gasteiger partial charge < -0.3 is 4.74 Å². The molecule has 2 aromatic rings. The van der Waals surface area contributed by atoms with E-state index in [9.17, 15) is 4.79 Å². The zero-order valence-electron chi connectivity index (χ0n) is 15.1. The van der Waals surface area contributed by atoms with Gasteiger partial charge in [-0.1, -0.05) is 25.0 Å². The van der Waals surface area contributed by atoms with E-state index in [0.29, 0.717) is 24.1 Å². The van der Waals surface area contributed by atoms with Gasteiger partial charge in [-0.25, -0.2) is 4.98 Å². The molecule has 0 N–H and O–H groups in total. The molecule has 0 bridgehead atoms. The number of hydrogen-bond donors (Lipinski definition) is 0. The molecule has 1 aromatic heterocycles. The first-order valence-electron chi connectivity index (χ1n) is 8.51. The van der Waals surface area contributed by atoms with Crippen LogP contribution in [0.5, 0.6) is 0 Å². The minimum Gasteiger partial charge on any atom is -0.381 e. The molecule has 1 saturated heterocycles. The fourth-order valence-corrected chi connectivity index (χ4v) is 3.49. The number of ether oxygens (including phenoxy) is 1. The Hall–Kier alpha value is -2.37. The summed E-state index contributed by atoms with van der Waals surface area (Å²) in [5.74, 6) is 0.982. The average molecular weight is 341 g/mol. The maximum Gasteiger partial charge on any atom is 0.261 e. The van der Waals surface area contributed by atoms with Crippen LogP contribution in [-0.2, 0) is 17.3 Å². The highest BCUT2D eigenvalue weighted by atomic mass is 16.5. The first-order valence-corrected chi connectivity index (χ1v) is 8.51. The minimum absolute atomic E-state index is 0.0619. The van der Waals surface area contributed by atoms with Crippen molar-refractivity contribution in [1.82, 2.24) is 9.55 Å². The highest BCUT2D eigenvalue weighted by Gasteiger charge is 2.26. The third-order valence-electron chi connectivity index (χ3n) is 4.90. The van der Waals surface area contributed by atoms with Gasteiger partial charge >= 0.3 is 0 Å². The lowest BCUT2D eigenvalue weighted by atomic mass is 9.91. The summed E-state index contributed by atoms with van der Waals surface area (Å²) >= 11 is 0. The van der Waals surface area contributed by atoms with Crippen LogP contribution >= 0.6 is 0 Å². The van der Waals surface area contributed by atoms with Gasteiger partial charge in [-0.2, -0.15) is 0 Å². The summed E-state index contributed by atoms with van der Waals surface area (Å²) in [6, 6.07) is 3.81. The molecule has 0 spiro atoms. The van der Waals surface area contributed by atoms with Crippen molar-refractivity contribution in [1.29, 1.82) is 0 Å².